The van der Waals surface area contributed by atoms with Gasteiger partial charge in [-0.05, 0) is 64.4 Å². The first-order valence-electron chi connectivity index (χ1n) is 11.1. The third kappa shape index (κ3) is 9.13. The number of ether oxygens (including phenoxy) is 1. The van der Waals surface area contributed by atoms with Gasteiger partial charge < -0.3 is 20.1 Å². The molecule has 1 aliphatic carbocycles. The molecule has 29 heavy (non-hydrogen) atoms. The molecule has 0 spiro atoms. The Bertz CT molecular complexity index is 673. The fourth-order valence-corrected chi connectivity index (χ4v) is 3.27. The molecule has 0 saturated heterocycles. The van der Waals surface area contributed by atoms with E-state index in [9.17, 15) is 0 Å². The summed E-state index contributed by atoms with van der Waals surface area (Å²) in [6.07, 6.45) is 9.00. The highest BCUT2D eigenvalue weighted by Gasteiger charge is 2.25. The van der Waals surface area contributed by atoms with Gasteiger partial charge in [0.2, 0.25) is 0 Å². The average Bonchev–Trinajstić information content (AvgIpc) is 3.13. The molecule has 2 heterocycles. The van der Waals surface area contributed by atoms with Crippen molar-refractivity contribution in [2.45, 2.75) is 92.9 Å². The molecule has 6 nitrogen and oxygen atoms in total. The van der Waals surface area contributed by atoms with Crippen LogP contribution in [-0.2, 0) is 4.74 Å². The van der Waals surface area contributed by atoms with Crippen LogP contribution >= 0.6 is 0 Å². The topological polar surface area (TPSA) is 86.2 Å². The van der Waals surface area contributed by atoms with Crippen molar-refractivity contribution in [1.29, 1.82) is 0 Å². The SMILES string of the molecule is CC.CC.CC1CC(CCC(C)n2ccc3c(N)ncnc32)C1.COC(C)(C)O. The highest BCUT2D eigenvalue weighted by atomic mass is 16.6. The summed E-state index contributed by atoms with van der Waals surface area (Å²) in [5, 5.41) is 9.57. The van der Waals surface area contributed by atoms with Gasteiger partial charge in [-0.15, -0.1) is 0 Å². The molecule has 2 aromatic heterocycles. The van der Waals surface area contributed by atoms with Gasteiger partial charge in [-0.25, -0.2) is 9.97 Å². The van der Waals surface area contributed by atoms with Crippen molar-refractivity contribution < 1.29 is 9.84 Å². The van der Waals surface area contributed by atoms with Gasteiger partial charge in [0.25, 0.3) is 0 Å². The number of fused-ring (bicyclic) bond motifs is 1. The maximum atomic E-state index is 8.60. The Morgan fingerprint density at radius 3 is 2.28 bits per heavy atom. The molecule has 1 saturated carbocycles. The third-order valence-electron chi connectivity index (χ3n) is 4.98. The first-order chi connectivity index (χ1) is 13.7. The lowest BCUT2D eigenvalue weighted by atomic mass is 9.73. The number of hydrogen-bond acceptors (Lipinski definition) is 5. The van der Waals surface area contributed by atoms with Gasteiger partial charge in [0.05, 0.1) is 5.39 Å². The van der Waals surface area contributed by atoms with Crippen LogP contribution in [0.1, 0.15) is 87.1 Å². The molecule has 3 N–H and O–H groups in total. The smallest absolute Gasteiger partial charge is 0.159 e. The van der Waals surface area contributed by atoms with E-state index in [0.717, 1.165) is 22.9 Å². The monoisotopic (exact) mass is 408 g/mol. The molecule has 0 amide bonds. The molecule has 6 heteroatoms. The summed E-state index contributed by atoms with van der Waals surface area (Å²) in [4.78, 5) is 8.41. The predicted octanol–water partition coefficient (Wildman–Crippen LogP) is 5.81. The van der Waals surface area contributed by atoms with Crippen LogP contribution in [0.3, 0.4) is 0 Å². The molecule has 168 valence electrons. The predicted molar refractivity (Wildman–Crippen MR) is 124 cm³/mol. The van der Waals surface area contributed by atoms with E-state index in [0.29, 0.717) is 11.9 Å². The van der Waals surface area contributed by atoms with Crippen molar-refractivity contribution in [2.24, 2.45) is 11.8 Å². The highest BCUT2D eigenvalue weighted by molar-refractivity contribution is 5.86. The molecular weight excluding hydrogens is 364 g/mol. The van der Waals surface area contributed by atoms with Crippen molar-refractivity contribution in [3.63, 3.8) is 0 Å². The van der Waals surface area contributed by atoms with Crippen LogP contribution in [0.2, 0.25) is 0 Å². The number of aliphatic hydroxyl groups is 1. The van der Waals surface area contributed by atoms with E-state index in [-0.39, 0.29) is 0 Å². The van der Waals surface area contributed by atoms with Gasteiger partial charge in [-0.1, -0.05) is 34.6 Å². The summed E-state index contributed by atoms with van der Waals surface area (Å²) in [7, 11) is 1.46. The Kier molecular flexibility index (Phi) is 12.8. The van der Waals surface area contributed by atoms with Crippen LogP contribution in [0.15, 0.2) is 18.6 Å². The van der Waals surface area contributed by atoms with Crippen LogP contribution < -0.4 is 5.73 Å². The highest BCUT2D eigenvalue weighted by Crippen LogP contribution is 2.37. The van der Waals surface area contributed by atoms with Crippen molar-refractivity contribution in [1.82, 2.24) is 14.5 Å². The van der Waals surface area contributed by atoms with Gasteiger partial charge in [0.15, 0.2) is 5.79 Å². The summed E-state index contributed by atoms with van der Waals surface area (Å²) in [5.74, 6) is 1.50. The van der Waals surface area contributed by atoms with Crippen LogP contribution in [0, 0.1) is 11.8 Å². The number of rotatable bonds is 5. The Labute approximate surface area is 177 Å². The minimum absolute atomic E-state index is 0.475. The van der Waals surface area contributed by atoms with Crippen LogP contribution in [0.25, 0.3) is 11.0 Å². The largest absolute Gasteiger partial charge is 0.383 e. The molecule has 0 aromatic carbocycles. The summed E-state index contributed by atoms with van der Waals surface area (Å²) in [5.41, 5.74) is 6.83. The second kappa shape index (κ2) is 13.5. The lowest BCUT2D eigenvalue weighted by Gasteiger charge is -2.33. The Hall–Kier alpha value is -1.66. The second-order valence-corrected chi connectivity index (χ2v) is 7.74. The van der Waals surface area contributed by atoms with Crippen molar-refractivity contribution in [3.8, 4) is 0 Å². The van der Waals surface area contributed by atoms with E-state index in [2.05, 4.69) is 39.3 Å². The van der Waals surface area contributed by atoms with Crippen LogP contribution in [-0.4, -0.2) is 32.5 Å². The Balaban J connectivity index is 0.000000670. The van der Waals surface area contributed by atoms with E-state index < -0.39 is 5.79 Å². The molecule has 2 aromatic rings. The number of methoxy groups -OCH3 is 1. The van der Waals surface area contributed by atoms with Crippen molar-refractivity contribution >= 4 is 16.9 Å². The van der Waals surface area contributed by atoms with Crippen LogP contribution in [0.5, 0.6) is 0 Å². The molecule has 1 atom stereocenters. The molecule has 1 aliphatic rings. The zero-order valence-electron chi connectivity index (χ0n) is 20.1. The number of nitrogen functional groups attached to an aromatic ring is 1. The van der Waals surface area contributed by atoms with Crippen LogP contribution in [0.4, 0.5) is 5.82 Å². The van der Waals surface area contributed by atoms with E-state index in [1.807, 2.05) is 33.8 Å². The maximum absolute atomic E-state index is 8.60. The summed E-state index contributed by atoms with van der Waals surface area (Å²) >= 11 is 0. The van der Waals surface area contributed by atoms with E-state index in [1.165, 1.54) is 32.8 Å². The summed E-state index contributed by atoms with van der Waals surface area (Å²) in [6, 6.07) is 2.50. The second-order valence-electron chi connectivity index (χ2n) is 7.74. The van der Waals surface area contributed by atoms with Crippen molar-refractivity contribution in [2.75, 3.05) is 12.8 Å². The molecule has 0 aliphatic heterocycles. The van der Waals surface area contributed by atoms with Gasteiger partial charge in [-0.2, -0.15) is 0 Å². The van der Waals surface area contributed by atoms with Gasteiger partial charge in [0, 0.05) is 19.3 Å². The fraction of sp³-hybridized carbons (Fsp3) is 0.739. The molecule has 1 fully saturated rings. The number of nitrogens with zero attached hydrogens (tertiary/aromatic N) is 3. The number of anilines is 1. The molecule has 0 radical (unpaired) electrons. The lowest BCUT2D eigenvalue weighted by Crippen LogP contribution is -2.21. The first kappa shape index (κ1) is 27.3. The summed E-state index contributed by atoms with van der Waals surface area (Å²) in [6.45, 7) is 15.8. The minimum atomic E-state index is -0.958. The van der Waals surface area contributed by atoms with Gasteiger partial charge >= 0.3 is 0 Å². The molecule has 0 bridgehead atoms. The Morgan fingerprint density at radius 2 is 1.79 bits per heavy atom. The first-order valence-corrected chi connectivity index (χ1v) is 11.1. The van der Waals surface area contributed by atoms with E-state index in [4.69, 9.17) is 10.8 Å². The normalized spacial score (nSPS) is 18.8. The molecule has 3 rings (SSSR count). The molecule has 1 unspecified atom stereocenters. The Morgan fingerprint density at radius 1 is 1.24 bits per heavy atom. The zero-order valence-corrected chi connectivity index (χ0v) is 20.1. The minimum Gasteiger partial charge on any atom is -0.383 e. The number of nitrogens with two attached hydrogens (primary N) is 1. The number of aromatic nitrogens is 3. The summed E-state index contributed by atoms with van der Waals surface area (Å²) < 4.78 is 6.72. The van der Waals surface area contributed by atoms with Crippen molar-refractivity contribution in [3.05, 3.63) is 18.6 Å². The van der Waals surface area contributed by atoms with Gasteiger partial charge in [0.1, 0.15) is 17.8 Å². The van der Waals surface area contributed by atoms with E-state index in [1.54, 1.807) is 20.2 Å². The fourth-order valence-electron chi connectivity index (χ4n) is 3.27. The quantitative estimate of drug-likeness (QED) is 0.609. The standard InChI is InChI=1S/C15H22N4.C4H10O2.2C2H6/c1-10-7-12(8-10)4-3-11(2)19-6-5-13-14(16)17-9-18-15(13)19;1-4(2,5)6-3;2*1-2/h5-6,9-12H,3-4,7-8H2,1-2H3,(H2,16,17,18);5H,1-3H3;2*1-2H3. The average molecular weight is 409 g/mol. The van der Waals surface area contributed by atoms with E-state index >= 15 is 0 Å². The third-order valence-corrected chi connectivity index (χ3v) is 4.98. The maximum Gasteiger partial charge on any atom is 0.159 e. The van der Waals surface area contributed by atoms with Gasteiger partial charge in [-0.3, -0.25) is 0 Å². The number of hydrogen-bond donors (Lipinski definition) is 2. The lowest BCUT2D eigenvalue weighted by molar-refractivity contribution is -0.155. The zero-order chi connectivity index (χ0) is 22.6. The molecular formula is C23H44N4O2.